The summed E-state index contributed by atoms with van der Waals surface area (Å²) in [6.07, 6.45) is 1.25. The molecular formula is C26H27Br3O6. The number of halogens is 3. The first kappa shape index (κ1) is 27.5. The van der Waals surface area contributed by atoms with E-state index < -0.39 is 0 Å². The van der Waals surface area contributed by atoms with Crippen LogP contribution >= 0.6 is 47.8 Å². The fourth-order valence-corrected chi connectivity index (χ4v) is 5.60. The second-order valence-electron chi connectivity index (χ2n) is 7.54. The summed E-state index contributed by atoms with van der Waals surface area (Å²) in [7, 11) is 9.75. The maximum atomic E-state index is 5.61. The van der Waals surface area contributed by atoms with Gasteiger partial charge >= 0.3 is 0 Å². The SMILES string of the molecule is COc1cc(Cc2cc(Br)c(OC)c(OC)c2)c(Cc2cc(OC)c(OC)c(Br)c2Br)cc1OC. The minimum atomic E-state index is 0.615. The first-order valence-corrected chi connectivity index (χ1v) is 12.9. The van der Waals surface area contributed by atoms with Crippen molar-refractivity contribution in [1.82, 2.24) is 0 Å². The summed E-state index contributed by atoms with van der Waals surface area (Å²) in [6.45, 7) is 0. The van der Waals surface area contributed by atoms with Gasteiger partial charge in [-0.3, -0.25) is 0 Å². The third-order valence-electron chi connectivity index (χ3n) is 5.60. The largest absolute Gasteiger partial charge is 0.493 e. The van der Waals surface area contributed by atoms with Crippen LogP contribution in [0, 0.1) is 0 Å². The highest BCUT2D eigenvalue weighted by Gasteiger charge is 2.20. The Morgan fingerprint density at radius 2 is 0.971 bits per heavy atom. The predicted molar refractivity (Wildman–Crippen MR) is 147 cm³/mol. The molecule has 0 aliphatic carbocycles. The molecule has 0 aromatic heterocycles. The quantitative estimate of drug-likeness (QED) is 0.227. The third-order valence-corrected chi connectivity index (χ3v) is 8.39. The van der Waals surface area contributed by atoms with Gasteiger partial charge in [-0.2, -0.15) is 0 Å². The van der Waals surface area contributed by atoms with E-state index in [1.807, 2.05) is 30.3 Å². The van der Waals surface area contributed by atoms with Crippen molar-refractivity contribution in [3.8, 4) is 34.5 Å². The van der Waals surface area contributed by atoms with Crippen LogP contribution in [-0.4, -0.2) is 42.7 Å². The Bertz CT molecular complexity index is 1210. The molecule has 35 heavy (non-hydrogen) atoms. The Kier molecular flexibility index (Phi) is 9.61. The van der Waals surface area contributed by atoms with Crippen molar-refractivity contribution in [2.24, 2.45) is 0 Å². The van der Waals surface area contributed by atoms with Gasteiger partial charge in [0.05, 0.1) is 51.6 Å². The molecule has 0 N–H and O–H groups in total. The topological polar surface area (TPSA) is 55.4 Å². The zero-order valence-electron chi connectivity index (χ0n) is 20.4. The third kappa shape index (κ3) is 5.84. The van der Waals surface area contributed by atoms with Gasteiger partial charge in [-0.05, 0) is 113 Å². The molecule has 0 saturated heterocycles. The molecule has 0 aliphatic heterocycles. The van der Waals surface area contributed by atoms with Crippen molar-refractivity contribution in [3.63, 3.8) is 0 Å². The van der Waals surface area contributed by atoms with Gasteiger partial charge in [-0.25, -0.2) is 0 Å². The van der Waals surface area contributed by atoms with Crippen molar-refractivity contribution >= 4 is 47.8 Å². The van der Waals surface area contributed by atoms with Crippen molar-refractivity contribution in [3.05, 3.63) is 66.0 Å². The molecule has 3 aromatic rings. The van der Waals surface area contributed by atoms with Gasteiger partial charge in [0.1, 0.15) is 0 Å². The van der Waals surface area contributed by atoms with E-state index in [1.54, 1.807) is 42.7 Å². The lowest BCUT2D eigenvalue weighted by atomic mass is 9.94. The Morgan fingerprint density at radius 1 is 0.486 bits per heavy atom. The molecule has 0 bridgehead atoms. The van der Waals surface area contributed by atoms with E-state index in [-0.39, 0.29) is 0 Å². The summed E-state index contributed by atoms with van der Waals surface area (Å²) in [5.41, 5.74) is 4.24. The summed E-state index contributed by atoms with van der Waals surface area (Å²) in [5, 5.41) is 0. The molecule has 0 radical (unpaired) electrons. The maximum Gasteiger partial charge on any atom is 0.176 e. The van der Waals surface area contributed by atoms with E-state index in [9.17, 15) is 0 Å². The van der Waals surface area contributed by atoms with Crippen LogP contribution in [0.2, 0.25) is 0 Å². The minimum absolute atomic E-state index is 0.615. The first-order valence-electron chi connectivity index (χ1n) is 10.5. The van der Waals surface area contributed by atoms with E-state index in [4.69, 9.17) is 28.4 Å². The molecule has 188 valence electrons. The molecule has 0 saturated carbocycles. The monoisotopic (exact) mass is 672 g/mol. The highest BCUT2D eigenvalue weighted by Crippen LogP contribution is 2.44. The number of hydrogen-bond donors (Lipinski definition) is 0. The number of ether oxygens (including phenoxy) is 6. The molecule has 0 heterocycles. The van der Waals surface area contributed by atoms with Crippen LogP contribution in [0.4, 0.5) is 0 Å². The number of benzene rings is 3. The van der Waals surface area contributed by atoms with Crippen LogP contribution < -0.4 is 28.4 Å². The molecule has 0 spiro atoms. The van der Waals surface area contributed by atoms with Gasteiger partial charge in [0.25, 0.3) is 0 Å². The highest BCUT2D eigenvalue weighted by molar-refractivity contribution is 9.13. The Labute approximate surface area is 231 Å². The van der Waals surface area contributed by atoms with Crippen molar-refractivity contribution in [2.75, 3.05) is 42.7 Å². The zero-order chi connectivity index (χ0) is 25.7. The van der Waals surface area contributed by atoms with Crippen LogP contribution in [0.5, 0.6) is 34.5 Å². The zero-order valence-corrected chi connectivity index (χ0v) is 25.1. The second kappa shape index (κ2) is 12.2. The molecular weight excluding hydrogens is 648 g/mol. The lowest BCUT2D eigenvalue weighted by Crippen LogP contribution is -2.03. The molecule has 0 aliphatic rings. The van der Waals surface area contributed by atoms with E-state index >= 15 is 0 Å². The minimum Gasteiger partial charge on any atom is -0.493 e. The first-order chi connectivity index (χ1) is 16.8. The van der Waals surface area contributed by atoms with Crippen LogP contribution in [-0.2, 0) is 12.8 Å². The molecule has 6 nitrogen and oxygen atoms in total. The summed E-state index contributed by atoms with van der Waals surface area (Å²) in [6, 6.07) is 10.0. The second-order valence-corrected chi connectivity index (χ2v) is 9.98. The number of hydrogen-bond acceptors (Lipinski definition) is 6. The van der Waals surface area contributed by atoms with Gasteiger partial charge in [-0.1, -0.05) is 0 Å². The van der Waals surface area contributed by atoms with Crippen LogP contribution in [0.25, 0.3) is 0 Å². The summed E-state index contributed by atoms with van der Waals surface area (Å²) >= 11 is 10.9. The summed E-state index contributed by atoms with van der Waals surface area (Å²) < 4.78 is 35.8. The number of rotatable bonds is 10. The fraction of sp³-hybridized carbons (Fsp3) is 0.308. The average molecular weight is 675 g/mol. The van der Waals surface area contributed by atoms with Crippen LogP contribution in [0.1, 0.15) is 22.3 Å². The Balaban J connectivity index is 2.13. The van der Waals surface area contributed by atoms with Gasteiger partial charge in [0, 0.05) is 4.47 Å². The van der Waals surface area contributed by atoms with Crippen molar-refractivity contribution < 1.29 is 28.4 Å². The Hall–Kier alpha value is -2.10. The van der Waals surface area contributed by atoms with E-state index in [2.05, 4.69) is 47.8 Å². The lowest BCUT2D eigenvalue weighted by Gasteiger charge is -2.19. The molecule has 3 aromatic carbocycles. The fourth-order valence-electron chi connectivity index (χ4n) is 3.90. The summed E-state index contributed by atoms with van der Waals surface area (Å²) in [4.78, 5) is 0. The van der Waals surface area contributed by atoms with Gasteiger partial charge in [-0.15, -0.1) is 0 Å². The maximum absolute atomic E-state index is 5.61. The molecule has 0 atom stereocenters. The van der Waals surface area contributed by atoms with Crippen molar-refractivity contribution in [2.45, 2.75) is 12.8 Å². The van der Waals surface area contributed by atoms with E-state index in [0.29, 0.717) is 47.3 Å². The molecule has 0 unspecified atom stereocenters. The standard InChI is InChI=1S/C26H27Br3O6/c1-30-19-11-15(7-14-8-18(27)25(34-5)21(9-14)32-3)16(12-20(19)31-2)10-17-13-22(33-4)26(35-6)24(29)23(17)28/h8-9,11-13H,7,10H2,1-6H3. The molecule has 3 rings (SSSR count). The predicted octanol–water partition coefficient (Wildman–Crippen LogP) is 7.21. The molecule has 0 amide bonds. The van der Waals surface area contributed by atoms with Gasteiger partial charge < -0.3 is 28.4 Å². The summed E-state index contributed by atoms with van der Waals surface area (Å²) in [5.74, 6) is 3.91. The van der Waals surface area contributed by atoms with Gasteiger partial charge in [0.2, 0.25) is 0 Å². The smallest absolute Gasteiger partial charge is 0.176 e. The van der Waals surface area contributed by atoms with E-state index in [1.165, 1.54) is 0 Å². The number of methoxy groups -OCH3 is 6. The van der Waals surface area contributed by atoms with E-state index in [0.717, 1.165) is 35.7 Å². The molecule has 9 heteroatoms. The molecule has 0 fully saturated rings. The van der Waals surface area contributed by atoms with Gasteiger partial charge in [0.15, 0.2) is 34.5 Å². The van der Waals surface area contributed by atoms with Crippen LogP contribution in [0.3, 0.4) is 0 Å². The highest BCUT2D eigenvalue weighted by atomic mass is 79.9. The normalized spacial score (nSPS) is 10.7. The average Bonchev–Trinajstić information content (AvgIpc) is 2.86. The van der Waals surface area contributed by atoms with Crippen molar-refractivity contribution in [1.29, 1.82) is 0 Å². The lowest BCUT2D eigenvalue weighted by molar-refractivity contribution is 0.352. The Morgan fingerprint density at radius 3 is 1.49 bits per heavy atom. The van der Waals surface area contributed by atoms with Crippen LogP contribution in [0.15, 0.2) is 43.7 Å².